The average molecular weight is 375 g/mol. The number of carbonyl (C=O) groups excluding carboxylic acids is 2. The Kier molecular flexibility index (Phi) is 7.20. The molecule has 0 bridgehead atoms. The maximum absolute atomic E-state index is 12.2. The van der Waals surface area contributed by atoms with Gasteiger partial charge in [0.25, 0.3) is 0 Å². The average Bonchev–Trinajstić information content (AvgIpc) is 3.11. The van der Waals surface area contributed by atoms with Crippen LogP contribution in [0.5, 0.6) is 0 Å². The van der Waals surface area contributed by atoms with Crippen molar-refractivity contribution in [1.82, 2.24) is 20.1 Å². The summed E-state index contributed by atoms with van der Waals surface area (Å²) in [5.41, 5.74) is 7.57. The smallest absolute Gasteiger partial charge is 0.240 e. The lowest BCUT2D eigenvalue weighted by molar-refractivity contribution is -0.127. The van der Waals surface area contributed by atoms with Crippen molar-refractivity contribution in [3.63, 3.8) is 0 Å². The zero-order valence-corrected chi connectivity index (χ0v) is 16.1. The molecule has 1 heterocycles. The van der Waals surface area contributed by atoms with Gasteiger partial charge in [-0.2, -0.15) is 0 Å². The maximum Gasteiger partial charge on any atom is 0.240 e. The number of aromatic nitrogens is 3. The van der Waals surface area contributed by atoms with Gasteiger partial charge in [0.15, 0.2) is 5.16 Å². The van der Waals surface area contributed by atoms with Gasteiger partial charge in [-0.3, -0.25) is 14.2 Å². The molecule has 2 unspecified atom stereocenters. The minimum atomic E-state index is -0.660. The van der Waals surface area contributed by atoms with Crippen LogP contribution in [-0.4, -0.2) is 38.4 Å². The van der Waals surface area contributed by atoms with Crippen LogP contribution in [0.15, 0.2) is 35.7 Å². The number of nitrogens with one attached hydrogen (secondary N) is 1. The number of primary amides is 1. The van der Waals surface area contributed by atoms with Crippen molar-refractivity contribution in [3.8, 4) is 5.69 Å². The minimum absolute atomic E-state index is 0.0125. The molecule has 8 heteroatoms. The molecule has 0 aliphatic heterocycles. The predicted octanol–water partition coefficient (Wildman–Crippen LogP) is 1.94. The van der Waals surface area contributed by atoms with E-state index in [9.17, 15) is 9.59 Å². The largest absolute Gasteiger partial charge is 0.368 e. The fourth-order valence-corrected chi connectivity index (χ4v) is 3.34. The molecule has 7 nitrogen and oxygen atoms in total. The SMILES string of the molecule is CCc1ccccc1-n1cnnc1SCC(=O)NC(C(N)=O)C(C)CC. The second-order valence-corrected chi connectivity index (χ2v) is 7.03. The van der Waals surface area contributed by atoms with Crippen LogP contribution in [0.4, 0.5) is 0 Å². The van der Waals surface area contributed by atoms with Crippen molar-refractivity contribution < 1.29 is 9.59 Å². The summed E-state index contributed by atoms with van der Waals surface area (Å²) in [6, 6.07) is 7.34. The summed E-state index contributed by atoms with van der Waals surface area (Å²) >= 11 is 1.27. The van der Waals surface area contributed by atoms with Gasteiger partial charge in [0.1, 0.15) is 12.4 Å². The zero-order chi connectivity index (χ0) is 19.1. The molecule has 2 amide bonds. The number of hydrogen-bond acceptors (Lipinski definition) is 5. The van der Waals surface area contributed by atoms with Gasteiger partial charge in [0.05, 0.1) is 11.4 Å². The van der Waals surface area contributed by atoms with E-state index in [1.165, 1.54) is 17.3 Å². The van der Waals surface area contributed by atoms with Crippen LogP contribution in [-0.2, 0) is 16.0 Å². The number of aryl methyl sites for hydroxylation is 1. The first-order valence-electron chi connectivity index (χ1n) is 8.67. The lowest BCUT2D eigenvalue weighted by Gasteiger charge is -2.21. The number of hydrogen-bond donors (Lipinski definition) is 2. The molecule has 0 aliphatic rings. The summed E-state index contributed by atoms with van der Waals surface area (Å²) in [4.78, 5) is 23.8. The van der Waals surface area contributed by atoms with E-state index in [1.807, 2.05) is 36.6 Å². The van der Waals surface area contributed by atoms with E-state index in [2.05, 4.69) is 28.5 Å². The standard InChI is InChI=1S/C18H25N5O2S/c1-4-12(3)16(17(19)25)21-15(24)10-26-18-22-20-11-23(18)14-9-7-6-8-13(14)5-2/h6-9,11-12,16H,4-5,10H2,1-3H3,(H2,19,25)(H,21,24). The van der Waals surface area contributed by atoms with E-state index in [-0.39, 0.29) is 17.6 Å². The first-order chi connectivity index (χ1) is 12.5. The molecular formula is C18H25N5O2S. The predicted molar refractivity (Wildman–Crippen MR) is 102 cm³/mol. The molecule has 140 valence electrons. The number of para-hydroxylation sites is 1. The lowest BCUT2D eigenvalue weighted by atomic mass is 9.99. The van der Waals surface area contributed by atoms with E-state index < -0.39 is 11.9 Å². The third-order valence-corrected chi connectivity index (χ3v) is 5.26. The monoisotopic (exact) mass is 375 g/mol. The summed E-state index contributed by atoms with van der Waals surface area (Å²) < 4.78 is 1.87. The van der Waals surface area contributed by atoms with Gasteiger partial charge >= 0.3 is 0 Å². The molecule has 3 N–H and O–H groups in total. The fraction of sp³-hybridized carbons (Fsp3) is 0.444. The second kappa shape index (κ2) is 9.38. The van der Waals surface area contributed by atoms with Crippen molar-refractivity contribution in [3.05, 3.63) is 36.2 Å². The molecule has 0 spiro atoms. The van der Waals surface area contributed by atoms with Crippen molar-refractivity contribution in [1.29, 1.82) is 0 Å². The van der Waals surface area contributed by atoms with Crippen LogP contribution in [0.3, 0.4) is 0 Å². The van der Waals surface area contributed by atoms with E-state index in [1.54, 1.807) is 6.33 Å². The van der Waals surface area contributed by atoms with Crippen LogP contribution >= 0.6 is 11.8 Å². The van der Waals surface area contributed by atoms with E-state index in [0.717, 1.165) is 18.5 Å². The van der Waals surface area contributed by atoms with Crippen molar-refractivity contribution >= 4 is 23.6 Å². The normalized spacial score (nSPS) is 13.2. The van der Waals surface area contributed by atoms with E-state index >= 15 is 0 Å². The van der Waals surface area contributed by atoms with E-state index in [4.69, 9.17) is 5.73 Å². The number of rotatable bonds is 9. The molecule has 0 saturated carbocycles. The lowest BCUT2D eigenvalue weighted by Crippen LogP contribution is -2.48. The Morgan fingerprint density at radius 3 is 2.69 bits per heavy atom. The third-order valence-electron chi connectivity index (χ3n) is 4.32. The van der Waals surface area contributed by atoms with Crippen LogP contribution in [0.25, 0.3) is 5.69 Å². The summed E-state index contributed by atoms with van der Waals surface area (Å²) in [6.07, 6.45) is 3.28. The topological polar surface area (TPSA) is 103 Å². The quantitative estimate of drug-likeness (QED) is 0.652. The Morgan fingerprint density at radius 1 is 1.31 bits per heavy atom. The molecule has 1 aromatic carbocycles. The highest BCUT2D eigenvalue weighted by Gasteiger charge is 2.23. The van der Waals surface area contributed by atoms with Gasteiger partial charge in [0, 0.05) is 0 Å². The third kappa shape index (κ3) is 4.85. The maximum atomic E-state index is 12.2. The molecule has 1 aromatic heterocycles. The summed E-state index contributed by atoms with van der Waals surface area (Å²) in [5.74, 6) is -0.649. The second-order valence-electron chi connectivity index (χ2n) is 6.09. The van der Waals surface area contributed by atoms with Gasteiger partial charge in [-0.1, -0.05) is 57.2 Å². The van der Waals surface area contributed by atoms with Gasteiger partial charge in [-0.15, -0.1) is 10.2 Å². The highest BCUT2D eigenvalue weighted by Crippen LogP contribution is 2.22. The number of benzene rings is 1. The van der Waals surface area contributed by atoms with E-state index in [0.29, 0.717) is 5.16 Å². The Bertz CT molecular complexity index is 762. The molecule has 2 rings (SSSR count). The number of thioether (sulfide) groups is 1. The van der Waals surface area contributed by atoms with Crippen molar-refractivity contribution in [2.75, 3.05) is 5.75 Å². The summed E-state index contributed by atoms with van der Waals surface area (Å²) in [6.45, 7) is 5.93. The first-order valence-corrected chi connectivity index (χ1v) is 9.66. The first kappa shape index (κ1) is 20.0. The highest BCUT2D eigenvalue weighted by atomic mass is 32.2. The zero-order valence-electron chi connectivity index (χ0n) is 15.3. The van der Waals surface area contributed by atoms with Gasteiger partial charge in [0.2, 0.25) is 11.8 Å². The molecule has 0 saturated heterocycles. The molecule has 0 aliphatic carbocycles. The van der Waals surface area contributed by atoms with Crippen LogP contribution in [0.1, 0.15) is 32.8 Å². The number of carbonyl (C=O) groups is 2. The molecule has 2 atom stereocenters. The summed E-state index contributed by atoms with van der Waals surface area (Å²) in [7, 11) is 0. The number of amides is 2. The molecule has 26 heavy (non-hydrogen) atoms. The molecule has 0 radical (unpaired) electrons. The van der Waals surface area contributed by atoms with Crippen molar-refractivity contribution in [2.24, 2.45) is 11.7 Å². The molecule has 0 fully saturated rings. The number of nitrogens with two attached hydrogens (primary N) is 1. The van der Waals surface area contributed by atoms with Gasteiger partial charge in [-0.25, -0.2) is 0 Å². The Hall–Kier alpha value is -2.35. The van der Waals surface area contributed by atoms with Gasteiger partial charge < -0.3 is 11.1 Å². The van der Waals surface area contributed by atoms with Crippen molar-refractivity contribution in [2.45, 2.75) is 44.8 Å². The van der Waals surface area contributed by atoms with Crippen LogP contribution in [0.2, 0.25) is 0 Å². The van der Waals surface area contributed by atoms with Crippen LogP contribution in [0, 0.1) is 5.92 Å². The van der Waals surface area contributed by atoms with Gasteiger partial charge in [-0.05, 0) is 24.0 Å². The highest BCUT2D eigenvalue weighted by molar-refractivity contribution is 7.99. The molecule has 2 aromatic rings. The molecular weight excluding hydrogens is 350 g/mol. The fourth-order valence-electron chi connectivity index (χ4n) is 2.61. The minimum Gasteiger partial charge on any atom is -0.368 e. The number of nitrogens with zero attached hydrogens (tertiary/aromatic N) is 3. The Labute approximate surface area is 157 Å². The Morgan fingerprint density at radius 2 is 2.04 bits per heavy atom. The Balaban J connectivity index is 2.06. The van der Waals surface area contributed by atoms with Crippen LogP contribution < -0.4 is 11.1 Å². The summed E-state index contributed by atoms with van der Waals surface area (Å²) in [5, 5.41) is 11.4.